The van der Waals surface area contributed by atoms with E-state index >= 15 is 0 Å². The average molecular weight is 247 g/mol. The van der Waals surface area contributed by atoms with Crippen LogP contribution < -0.4 is 5.32 Å². The van der Waals surface area contributed by atoms with Crippen LogP contribution in [0.1, 0.15) is 30.8 Å². The fourth-order valence-electron chi connectivity index (χ4n) is 2.54. The van der Waals surface area contributed by atoms with Gasteiger partial charge in [-0.15, -0.1) is 0 Å². The van der Waals surface area contributed by atoms with E-state index in [4.69, 9.17) is 4.52 Å². The van der Waals surface area contributed by atoms with E-state index in [1.54, 1.807) is 6.92 Å². The van der Waals surface area contributed by atoms with Gasteiger partial charge in [0.15, 0.2) is 5.82 Å². The van der Waals surface area contributed by atoms with E-state index in [-0.39, 0.29) is 5.41 Å². The van der Waals surface area contributed by atoms with Crippen molar-refractivity contribution >= 4 is 0 Å². The molecule has 0 bridgehead atoms. The number of hydrogen-bond donors (Lipinski definition) is 1. The van der Waals surface area contributed by atoms with Gasteiger partial charge >= 0.3 is 0 Å². The van der Waals surface area contributed by atoms with Crippen LogP contribution in [0.25, 0.3) is 0 Å². The van der Waals surface area contributed by atoms with Crippen molar-refractivity contribution in [3.05, 3.63) is 29.9 Å². The molecule has 1 fully saturated rings. The molecule has 3 heterocycles. The molecule has 2 aromatic heterocycles. The van der Waals surface area contributed by atoms with Crippen LogP contribution in [0.3, 0.4) is 0 Å². The van der Waals surface area contributed by atoms with Crippen LogP contribution in [-0.2, 0) is 12.0 Å². The van der Waals surface area contributed by atoms with E-state index in [9.17, 15) is 0 Å². The summed E-state index contributed by atoms with van der Waals surface area (Å²) in [7, 11) is 0. The second-order valence-electron chi connectivity index (χ2n) is 5.12. The summed E-state index contributed by atoms with van der Waals surface area (Å²) < 4.78 is 7.10. The Hall–Kier alpha value is -1.69. The molecule has 1 unspecified atom stereocenters. The first-order valence-corrected chi connectivity index (χ1v) is 6.18. The van der Waals surface area contributed by atoms with Crippen molar-refractivity contribution in [3.63, 3.8) is 0 Å². The lowest BCUT2D eigenvalue weighted by molar-refractivity contribution is 0.384. The fraction of sp³-hybridized carbons (Fsp3) is 0.583. The number of rotatable bonds is 3. The zero-order chi connectivity index (χ0) is 12.6. The maximum absolute atomic E-state index is 5.00. The van der Waals surface area contributed by atoms with E-state index in [1.807, 2.05) is 12.5 Å². The SMILES string of the molecule is Cc1nc(Cn2cncc2C2(C)CCNC2)no1. The van der Waals surface area contributed by atoms with Crippen LogP contribution in [0.15, 0.2) is 17.0 Å². The van der Waals surface area contributed by atoms with Crippen molar-refractivity contribution in [2.45, 2.75) is 32.2 Å². The lowest BCUT2D eigenvalue weighted by Gasteiger charge is -2.23. The highest BCUT2D eigenvalue weighted by molar-refractivity contribution is 5.18. The average Bonchev–Trinajstić information content (AvgIpc) is 3.02. The van der Waals surface area contributed by atoms with E-state index < -0.39 is 0 Å². The molecule has 0 spiro atoms. The fourth-order valence-corrected chi connectivity index (χ4v) is 2.54. The second kappa shape index (κ2) is 4.20. The lowest BCUT2D eigenvalue weighted by Crippen LogP contribution is -2.28. The summed E-state index contributed by atoms with van der Waals surface area (Å²) in [6.45, 7) is 6.73. The molecule has 96 valence electrons. The van der Waals surface area contributed by atoms with Crippen molar-refractivity contribution in [2.75, 3.05) is 13.1 Å². The summed E-state index contributed by atoms with van der Waals surface area (Å²) in [5, 5.41) is 7.34. The molecule has 1 saturated heterocycles. The van der Waals surface area contributed by atoms with Gasteiger partial charge in [0.1, 0.15) is 0 Å². The van der Waals surface area contributed by atoms with Crippen LogP contribution in [0.2, 0.25) is 0 Å². The number of nitrogens with one attached hydrogen (secondary N) is 1. The maximum Gasteiger partial charge on any atom is 0.223 e. The number of imidazole rings is 1. The van der Waals surface area contributed by atoms with Gasteiger partial charge in [-0.2, -0.15) is 4.98 Å². The molecule has 1 atom stereocenters. The highest BCUT2D eigenvalue weighted by atomic mass is 16.5. The Bertz CT molecular complexity index is 538. The third-order valence-electron chi connectivity index (χ3n) is 3.58. The summed E-state index contributed by atoms with van der Waals surface area (Å²) in [6, 6.07) is 0. The summed E-state index contributed by atoms with van der Waals surface area (Å²) in [6.07, 6.45) is 4.91. The van der Waals surface area contributed by atoms with Crippen LogP contribution >= 0.6 is 0 Å². The van der Waals surface area contributed by atoms with Gasteiger partial charge in [-0.05, 0) is 13.0 Å². The summed E-state index contributed by atoms with van der Waals surface area (Å²) in [5.41, 5.74) is 1.38. The molecule has 1 aliphatic rings. The standard InChI is InChI=1S/C12H17N5O/c1-9-15-11(16-18-9)6-17-8-14-5-10(17)12(2)3-4-13-7-12/h5,8,13H,3-4,6-7H2,1-2H3. The van der Waals surface area contributed by atoms with Crippen molar-refractivity contribution in [1.29, 1.82) is 0 Å². The molecule has 3 rings (SSSR count). The molecule has 0 amide bonds. The molecular weight excluding hydrogens is 230 g/mol. The first-order chi connectivity index (χ1) is 8.67. The normalized spacial score (nSPS) is 23.7. The monoisotopic (exact) mass is 247 g/mol. The minimum Gasteiger partial charge on any atom is -0.340 e. The molecule has 2 aromatic rings. The molecular formula is C12H17N5O. The van der Waals surface area contributed by atoms with E-state index in [0.717, 1.165) is 19.5 Å². The predicted molar refractivity (Wildman–Crippen MR) is 65.2 cm³/mol. The van der Waals surface area contributed by atoms with E-state index in [2.05, 4.69) is 31.9 Å². The third-order valence-corrected chi connectivity index (χ3v) is 3.58. The van der Waals surface area contributed by atoms with Gasteiger partial charge in [-0.1, -0.05) is 12.1 Å². The summed E-state index contributed by atoms with van der Waals surface area (Å²) >= 11 is 0. The molecule has 18 heavy (non-hydrogen) atoms. The highest BCUT2D eigenvalue weighted by Crippen LogP contribution is 2.29. The van der Waals surface area contributed by atoms with Crippen LogP contribution in [0.4, 0.5) is 0 Å². The first kappa shape index (κ1) is 11.4. The quantitative estimate of drug-likeness (QED) is 0.871. The zero-order valence-electron chi connectivity index (χ0n) is 10.7. The van der Waals surface area contributed by atoms with Crippen molar-refractivity contribution in [2.24, 2.45) is 0 Å². The third kappa shape index (κ3) is 1.92. The lowest BCUT2D eigenvalue weighted by atomic mass is 9.86. The van der Waals surface area contributed by atoms with Gasteiger partial charge in [-0.25, -0.2) is 4.98 Å². The van der Waals surface area contributed by atoms with Gasteiger partial charge < -0.3 is 14.4 Å². The van der Waals surface area contributed by atoms with Crippen LogP contribution in [-0.4, -0.2) is 32.8 Å². The molecule has 1 aliphatic heterocycles. The molecule has 6 nitrogen and oxygen atoms in total. The Morgan fingerprint density at radius 3 is 3.11 bits per heavy atom. The first-order valence-electron chi connectivity index (χ1n) is 6.18. The van der Waals surface area contributed by atoms with E-state index in [1.165, 1.54) is 5.69 Å². The second-order valence-corrected chi connectivity index (χ2v) is 5.12. The molecule has 1 N–H and O–H groups in total. The summed E-state index contributed by atoms with van der Waals surface area (Å²) in [5.74, 6) is 1.29. The van der Waals surface area contributed by atoms with Crippen LogP contribution in [0, 0.1) is 6.92 Å². The maximum atomic E-state index is 5.00. The smallest absolute Gasteiger partial charge is 0.223 e. The van der Waals surface area contributed by atoms with Crippen molar-refractivity contribution < 1.29 is 4.52 Å². The van der Waals surface area contributed by atoms with E-state index in [0.29, 0.717) is 18.3 Å². The van der Waals surface area contributed by atoms with Crippen molar-refractivity contribution in [3.8, 4) is 0 Å². The Morgan fingerprint density at radius 1 is 1.56 bits per heavy atom. The van der Waals surface area contributed by atoms with Gasteiger partial charge in [0, 0.05) is 30.8 Å². The Kier molecular flexibility index (Phi) is 2.66. The van der Waals surface area contributed by atoms with Crippen LogP contribution in [0.5, 0.6) is 0 Å². The largest absolute Gasteiger partial charge is 0.340 e. The molecule has 0 aliphatic carbocycles. The molecule has 0 aromatic carbocycles. The minimum absolute atomic E-state index is 0.148. The Morgan fingerprint density at radius 2 is 2.44 bits per heavy atom. The zero-order valence-corrected chi connectivity index (χ0v) is 10.7. The van der Waals surface area contributed by atoms with Crippen molar-refractivity contribution in [1.82, 2.24) is 25.0 Å². The number of nitrogens with zero attached hydrogens (tertiary/aromatic N) is 4. The molecule has 0 radical (unpaired) electrons. The van der Waals surface area contributed by atoms with Gasteiger partial charge in [0.2, 0.25) is 5.89 Å². The molecule has 6 heteroatoms. The topological polar surface area (TPSA) is 68.8 Å². The predicted octanol–water partition coefficient (Wildman–Crippen LogP) is 0.874. The van der Waals surface area contributed by atoms with Gasteiger partial charge in [0.25, 0.3) is 0 Å². The minimum atomic E-state index is 0.148. The number of aromatic nitrogens is 4. The highest BCUT2D eigenvalue weighted by Gasteiger charge is 2.33. The van der Waals surface area contributed by atoms with Gasteiger partial charge in [-0.3, -0.25) is 0 Å². The number of aryl methyl sites for hydroxylation is 1. The Labute approximate surface area is 105 Å². The van der Waals surface area contributed by atoms with Gasteiger partial charge in [0.05, 0.1) is 12.9 Å². The molecule has 0 saturated carbocycles. The number of hydrogen-bond acceptors (Lipinski definition) is 5. The summed E-state index contributed by atoms with van der Waals surface area (Å²) in [4.78, 5) is 8.50. The Balaban J connectivity index is 1.87.